The molecule has 0 fully saturated rings. The second kappa shape index (κ2) is 16.5. The Labute approximate surface area is 69.6 Å². The number of ether oxygens (including phenoxy) is 3. The van der Waals surface area contributed by atoms with Crippen molar-refractivity contribution in [2.24, 2.45) is 0 Å². The van der Waals surface area contributed by atoms with Crippen molar-refractivity contribution in [1.29, 1.82) is 0 Å². The number of hydrogen-bond acceptors (Lipinski definition) is 3. The molecule has 70 valence electrons. The third-order valence-corrected chi connectivity index (χ3v) is 0.900. The van der Waals surface area contributed by atoms with Gasteiger partial charge in [-0.2, -0.15) is 0 Å². The minimum absolute atomic E-state index is 0.691. The van der Waals surface area contributed by atoms with Crippen molar-refractivity contribution >= 4 is 0 Å². The molecule has 0 aliphatic carbocycles. The second-order valence-electron chi connectivity index (χ2n) is 1.77. The van der Waals surface area contributed by atoms with Gasteiger partial charge in [0.15, 0.2) is 0 Å². The summed E-state index contributed by atoms with van der Waals surface area (Å²) in [4.78, 5) is 0. The zero-order chi connectivity index (χ0) is 8.95. The lowest BCUT2D eigenvalue weighted by molar-refractivity contribution is 0.103. The molecule has 0 aliphatic rings. The van der Waals surface area contributed by atoms with E-state index in [1.165, 1.54) is 0 Å². The molecule has 0 atom stereocenters. The van der Waals surface area contributed by atoms with Crippen molar-refractivity contribution in [2.45, 2.75) is 13.8 Å². The van der Waals surface area contributed by atoms with Crippen LogP contribution < -0.4 is 0 Å². The van der Waals surface area contributed by atoms with E-state index >= 15 is 0 Å². The Morgan fingerprint density at radius 3 is 1.27 bits per heavy atom. The predicted molar refractivity (Wildman–Crippen MR) is 45.9 cm³/mol. The molecule has 0 saturated heterocycles. The largest absolute Gasteiger partial charge is 0.382 e. The number of rotatable bonds is 5. The Hall–Kier alpha value is -0.120. The third-order valence-electron chi connectivity index (χ3n) is 0.900. The molecule has 0 spiro atoms. The zero-order valence-electron chi connectivity index (χ0n) is 8.05. The van der Waals surface area contributed by atoms with E-state index in [4.69, 9.17) is 4.74 Å². The van der Waals surface area contributed by atoms with Crippen molar-refractivity contribution < 1.29 is 14.2 Å². The van der Waals surface area contributed by atoms with Crippen molar-refractivity contribution in [3.63, 3.8) is 0 Å². The molecule has 0 saturated carbocycles. The lowest BCUT2D eigenvalue weighted by atomic mass is 10.8. The molecule has 11 heavy (non-hydrogen) atoms. The van der Waals surface area contributed by atoms with E-state index in [1.54, 1.807) is 14.2 Å². The highest BCUT2D eigenvalue weighted by Crippen LogP contribution is 1.65. The van der Waals surface area contributed by atoms with Gasteiger partial charge < -0.3 is 14.2 Å². The van der Waals surface area contributed by atoms with Crippen LogP contribution in [0.25, 0.3) is 0 Å². The van der Waals surface area contributed by atoms with Gasteiger partial charge in [-0.1, -0.05) is 0 Å². The van der Waals surface area contributed by atoms with Crippen LogP contribution in [-0.2, 0) is 14.2 Å². The first-order valence-corrected chi connectivity index (χ1v) is 3.89. The van der Waals surface area contributed by atoms with Crippen LogP contribution in [0, 0.1) is 0 Å². The molecule has 0 N–H and O–H groups in total. The Morgan fingerprint density at radius 1 is 0.818 bits per heavy atom. The van der Waals surface area contributed by atoms with E-state index in [-0.39, 0.29) is 0 Å². The van der Waals surface area contributed by atoms with Crippen molar-refractivity contribution in [2.75, 3.05) is 40.6 Å². The van der Waals surface area contributed by atoms with Gasteiger partial charge in [0.2, 0.25) is 0 Å². The molecule has 0 heterocycles. The predicted octanol–water partition coefficient (Wildman–Crippen LogP) is 1.32. The molecule has 0 radical (unpaired) electrons. The van der Waals surface area contributed by atoms with Crippen molar-refractivity contribution in [3.8, 4) is 0 Å². The van der Waals surface area contributed by atoms with E-state index in [1.807, 2.05) is 13.8 Å². The van der Waals surface area contributed by atoms with Gasteiger partial charge in [0, 0.05) is 27.4 Å². The Kier molecular flexibility index (Phi) is 20.2. The molecule has 0 aromatic heterocycles. The SMILES string of the molecule is CCOCC.COCCOC. The summed E-state index contributed by atoms with van der Waals surface area (Å²) >= 11 is 0. The average Bonchev–Trinajstić information content (AvgIpc) is 2.04. The molecule has 0 rings (SSSR count). The van der Waals surface area contributed by atoms with Crippen LogP contribution in [0.15, 0.2) is 0 Å². The van der Waals surface area contributed by atoms with Gasteiger partial charge in [0.25, 0.3) is 0 Å². The van der Waals surface area contributed by atoms with Gasteiger partial charge in [-0.3, -0.25) is 0 Å². The first-order chi connectivity index (χ1) is 5.33. The minimum Gasteiger partial charge on any atom is -0.382 e. The van der Waals surface area contributed by atoms with Gasteiger partial charge in [0.1, 0.15) is 0 Å². The summed E-state index contributed by atoms with van der Waals surface area (Å²) in [6.07, 6.45) is 0. The summed E-state index contributed by atoms with van der Waals surface area (Å²) in [6.45, 7) is 7.05. The monoisotopic (exact) mass is 164 g/mol. The molecule has 3 nitrogen and oxygen atoms in total. The average molecular weight is 164 g/mol. The van der Waals surface area contributed by atoms with Crippen molar-refractivity contribution in [3.05, 3.63) is 0 Å². The van der Waals surface area contributed by atoms with Crippen LogP contribution in [-0.4, -0.2) is 40.6 Å². The van der Waals surface area contributed by atoms with Crippen LogP contribution in [0.4, 0.5) is 0 Å². The summed E-state index contributed by atoms with van der Waals surface area (Å²) in [5, 5.41) is 0. The van der Waals surface area contributed by atoms with E-state index < -0.39 is 0 Å². The van der Waals surface area contributed by atoms with E-state index in [2.05, 4.69) is 9.47 Å². The zero-order valence-corrected chi connectivity index (χ0v) is 8.05. The van der Waals surface area contributed by atoms with Gasteiger partial charge in [-0.15, -0.1) is 0 Å². The Morgan fingerprint density at radius 2 is 1.18 bits per heavy atom. The van der Waals surface area contributed by atoms with Crippen LogP contribution in [0.2, 0.25) is 0 Å². The summed E-state index contributed by atoms with van der Waals surface area (Å²) in [6, 6.07) is 0. The fourth-order valence-electron chi connectivity index (χ4n) is 0.371. The lowest BCUT2D eigenvalue weighted by Crippen LogP contribution is -1.96. The lowest BCUT2D eigenvalue weighted by Gasteiger charge is -1.91. The quantitative estimate of drug-likeness (QED) is 0.574. The normalized spacial score (nSPS) is 8.73. The molecule has 3 heteroatoms. The maximum atomic E-state index is 4.83. The molecule has 0 bridgehead atoms. The minimum atomic E-state index is 0.691. The Bertz CT molecular complexity index is 42.6. The fraction of sp³-hybridized carbons (Fsp3) is 1.00. The maximum Gasteiger partial charge on any atom is 0.0696 e. The molecule has 0 aromatic carbocycles. The topological polar surface area (TPSA) is 27.7 Å². The maximum absolute atomic E-state index is 4.83. The highest BCUT2D eigenvalue weighted by molar-refractivity contribution is 4.17. The molecule has 0 aliphatic heterocycles. The van der Waals surface area contributed by atoms with Crippen molar-refractivity contribution in [1.82, 2.24) is 0 Å². The van der Waals surface area contributed by atoms with Gasteiger partial charge in [-0.25, -0.2) is 0 Å². The third kappa shape index (κ3) is 25.8. The standard InChI is InChI=1S/C4H10O2.C4H10O/c1-5-3-4-6-2;1-3-5-4-2/h3-4H2,1-2H3;3-4H2,1-2H3. The summed E-state index contributed by atoms with van der Waals surface area (Å²) < 4.78 is 14.1. The second-order valence-corrected chi connectivity index (χ2v) is 1.77. The summed E-state index contributed by atoms with van der Waals surface area (Å²) in [5.74, 6) is 0. The highest BCUT2D eigenvalue weighted by Gasteiger charge is 1.73. The van der Waals surface area contributed by atoms with Gasteiger partial charge in [0.05, 0.1) is 13.2 Å². The molecule has 0 amide bonds. The van der Waals surface area contributed by atoms with Crippen LogP contribution in [0.3, 0.4) is 0 Å². The van der Waals surface area contributed by atoms with Gasteiger partial charge in [-0.05, 0) is 13.8 Å². The first kappa shape index (κ1) is 13.5. The molecular formula is C8H20O3. The fourth-order valence-corrected chi connectivity index (χ4v) is 0.371. The highest BCUT2D eigenvalue weighted by atomic mass is 16.5. The number of hydrogen-bond donors (Lipinski definition) is 0. The smallest absolute Gasteiger partial charge is 0.0696 e. The van der Waals surface area contributed by atoms with Crippen LogP contribution in [0.5, 0.6) is 0 Å². The Balaban J connectivity index is 0. The van der Waals surface area contributed by atoms with E-state index in [0.717, 1.165) is 13.2 Å². The first-order valence-electron chi connectivity index (χ1n) is 3.89. The molecule has 0 aromatic rings. The van der Waals surface area contributed by atoms with Gasteiger partial charge >= 0.3 is 0 Å². The summed E-state index contributed by atoms with van der Waals surface area (Å²) in [5.41, 5.74) is 0. The number of methoxy groups -OCH3 is 2. The van der Waals surface area contributed by atoms with Crippen LogP contribution in [0.1, 0.15) is 13.8 Å². The summed E-state index contributed by atoms with van der Waals surface area (Å²) in [7, 11) is 3.30. The van der Waals surface area contributed by atoms with E-state index in [9.17, 15) is 0 Å². The van der Waals surface area contributed by atoms with Crippen LogP contribution >= 0.6 is 0 Å². The van der Waals surface area contributed by atoms with E-state index in [0.29, 0.717) is 13.2 Å². The molecule has 0 unspecified atom stereocenters. The molecular weight excluding hydrogens is 144 g/mol.